The van der Waals surface area contributed by atoms with E-state index in [0.717, 1.165) is 24.1 Å². The lowest BCUT2D eigenvalue weighted by Crippen LogP contribution is -2.28. The van der Waals surface area contributed by atoms with E-state index in [-0.39, 0.29) is 11.8 Å². The topological polar surface area (TPSA) is 75.4 Å². The third-order valence-corrected chi connectivity index (χ3v) is 3.69. The molecule has 0 bridgehead atoms. The molecule has 104 valence electrons. The summed E-state index contributed by atoms with van der Waals surface area (Å²) in [5.74, 6) is 0.292. The minimum absolute atomic E-state index is 0.109. The number of hydrogen-bond donors (Lipinski definition) is 2. The maximum Gasteiger partial charge on any atom is 0.230 e. The van der Waals surface area contributed by atoms with Crippen LogP contribution in [-0.2, 0) is 4.79 Å². The van der Waals surface area contributed by atoms with E-state index in [0.29, 0.717) is 12.2 Å². The molecule has 0 saturated heterocycles. The smallest absolute Gasteiger partial charge is 0.230 e. The maximum absolute atomic E-state index is 12.0. The van der Waals surface area contributed by atoms with Crippen LogP contribution >= 0.6 is 0 Å². The maximum atomic E-state index is 12.0. The van der Waals surface area contributed by atoms with Gasteiger partial charge in [-0.25, -0.2) is 4.98 Å². The second kappa shape index (κ2) is 5.46. The highest BCUT2D eigenvalue weighted by atomic mass is 16.3. The number of nitrogens with one attached hydrogen (secondary N) is 1. The fourth-order valence-electron chi connectivity index (χ4n) is 2.56. The number of rotatable bonds is 3. The van der Waals surface area contributed by atoms with E-state index in [2.05, 4.69) is 10.3 Å². The third-order valence-electron chi connectivity index (χ3n) is 3.69. The number of carbonyl (C=O) groups excluding carboxylic acids is 1. The van der Waals surface area contributed by atoms with Gasteiger partial charge in [0.15, 0.2) is 12.2 Å². The van der Waals surface area contributed by atoms with Crippen LogP contribution in [0.3, 0.4) is 0 Å². The molecule has 1 aromatic heterocycles. The Morgan fingerprint density at radius 1 is 1.30 bits per heavy atom. The van der Waals surface area contributed by atoms with Crippen LogP contribution in [0.15, 0.2) is 41.3 Å². The van der Waals surface area contributed by atoms with E-state index >= 15 is 0 Å². The Labute approximate surface area is 116 Å². The number of hydrogen-bond acceptors (Lipinski definition) is 4. The zero-order valence-electron chi connectivity index (χ0n) is 11.0. The normalized spacial score (nSPS) is 21.9. The molecule has 0 spiro atoms. The van der Waals surface area contributed by atoms with Crippen molar-refractivity contribution in [1.82, 2.24) is 4.98 Å². The SMILES string of the molecule is O=C(Nc1ccc(-c2cnco2)cc1)C1CCCC1O. The van der Waals surface area contributed by atoms with Crippen molar-refractivity contribution in [2.24, 2.45) is 5.92 Å². The number of aromatic nitrogens is 1. The van der Waals surface area contributed by atoms with Gasteiger partial charge in [-0.15, -0.1) is 0 Å². The van der Waals surface area contributed by atoms with Crippen LogP contribution in [0.4, 0.5) is 5.69 Å². The molecule has 1 aliphatic carbocycles. The first-order valence-electron chi connectivity index (χ1n) is 6.72. The van der Waals surface area contributed by atoms with E-state index in [1.54, 1.807) is 6.20 Å². The number of carbonyl (C=O) groups is 1. The number of anilines is 1. The quantitative estimate of drug-likeness (QED) is 0.899. The van der Waals surface area contributed by atoms with Gasteiger partial charge in [0, 0.05) is 11.3 Å². The summed E-state index contributed by atoms with van der Waals surface area (Å²) in [5.41, 5.74) is 1.62. The number of aliphatic hydroxyl groups is 1. The fraction of sp³-hybridized carbons (Fsp3) is 0.333. The monoisotopic (exact) mass is 272 g/mol. The van der Waals surface area contributed by atoms with Crippen molar-refractivity contribution < 1.29 is 14.3 Å². The predicted molar refractivity (Wildman–Crippen MR) is 73.9 cm³/mol. The summed E-state index contributed by atoms with van der Waals surface area (Å²) >= 11 is 0. The fourth-order valence-corrected chi connectivity index (χ4v) is 2.56. The summed E-state index contributed by atoms with van der Waals surface area (Å²) in [5, 5.41) is 12.6. The van der Waals surface area contributed by atoms with Crippen LogP contribution in [0.2, 0.25) is 0 Å². The molecule has 1 amide bonds. The molecule has 2 atom stereocenters. The second-order valence-corrected chi connectivity index (χ2v) is 5.04. The van der Waals surface area contributed by atoms with Gasteiger partial charge in [-0.3, -0.25) is 4.79 Å². The van der Waals surface area contributed by atoms with Crippen LogP contribution < -0.4 is 5.32 Å². The third kappa shape index (κ3) is 2.58. The van der Waals surface area contributed by atoms with Gasteiger partial charge in [0.05, 0.1) is 18.2 Å². The molecular formula is C15H16N2O3. The first-order chi connectivity index (χ1) is 9.74. The van der Waals surface area contributed by atoms with Crippen LogP contribution in [0.5, 0.6) is 0 Å². The van der Waals surface area contributed by atoms with Crippen molar-refractivity contribution in [2.75, 3.05) is 5.32 Å². The number of aliphatic hydroxyl groups excluding tert-OH is 1. The minimum Gasteiger partial charge on any atom is -0.444 e. The van der Waals surface area contributed by atoms with Crippen molar-refractivity contribution in [1.29, 1.82) is 0 Å². The van der Waals surface area contributed by atoms with Crippen molar-refractivity contribution in [2.45, 2.75) is 25.4 Å². The Morgan fingerprint density at radius 2 is 2.10 bits per heavy atom. The molecule has 1 saturated carbocycles. The molecule has 2 N–H and O–H groups in total. The molecule has 5 heteroatoms. The molecular weight excluding hydrogens is 256 g/mol. The van der Waals surface area contributed by atoms with E-state index < -0.39 is 6.10 Å². The number of nitrogens with zero attached hydrogens (tertiary/aromatic N) is 1. The summed E-state index contributed by atoms with van der Waals surface area (Å²) < 4.78 is 5.20. The van der Waals surface area contributed by atoms with E-state index in [4.69, 9.17) is 4.42 Å². The standard InChI is InChI=1S/C15H16N2O3/c18-13-3-1-2-12(13)15(19)17-11-6-4-10(5-7-11)14-8-16-9-20-14/h4-9,12-13,18H,1-3H2,(H,17,19). The van der Waals surface area contributed by atoms with Crippen LogP contribution in [0.1, 0.15) is 19.3 Å². The molecule has 2 unspecified atom stereocenters. The molecule has 5 nitrogen and oxygen atoms in total. The Kier molecular flexibility index (Phi) is 3.52. The molecule has 2 aromatic rings. The zero-order valence-corrected chi connectivity index (χ0v) is 11.0. The van der Waals surface area contributed by atoms with Crippen LogP contribution in [0, 0.1) is 5.92 Å². The Bertz CT molecular complexity index is 578. The lowest BCUT2D eigenvalue weighted by molar-refractivity contribution is -0.122. The average Bonchev–Trinajstić information content (AvgIpc) is 3.10. The van der Waals surface area contributed by atoms with Crippen LogP contribution in [-0.4, -0.2) is 22.1 Å². The van der Waals surface area contributed by atoms with Crippen LogP contribution in [0.25, 0.3) is 11.3 Å². The predicted octanol–water partition coefficient (Wildman–Crippen LogP) is 2.44. The number of oxazole rings is 1. The van der Waals surface area contributed by atoms with Gasteiger partial charge in [0.1, 0.15) is 0 Å². The molecule has 0 radical (unpaired) electrons. The first kappa shape index (κ1) is 12.9. The molecule has 3 rings (SSSR count). The number of benzene rings is 1. The number of amides is 1. The highest BCUT2D eigenvalue weighted by Crippen LogP contribution is 2.27. The van der Waals surface area contributed by atoms with Gasteiger partial charge >= 0.3 is 0 Å². The van der Waals surface area contributed by atoms with E-state index in [9.17, 15) is 9.90 Å². The zero-order chi connectivity index (χ0) is 13.9. The summed E-state index contributed by atoms with van der Waals surface area (Å²) in [6.07, 6.45) is 4.88. The largest absolute Gasteiger partial charge is 0.444 e. The summed E-state index contributed by atoms with van der Waals surface area (Å²) in [7, 11) is 0. The molecule has 1 aliphatic rings. The Hall–Kier alpha value is -2.14. The van der Waals surface area contributed by atoms with Gasteiger partial charge in [0.2, 0.25) is 5.91 Å². The molecule has 1 aromatic carbocycles. The molecule has 1 fully saturated rings. The second-order valence-electron chi connectivity index (χ2n) is 5.04. The van der Waals surface area contributed by atoms with Crippen molar-refractivity contribution in [3.63, 3.8) is 0 Å². The average molecular weight is 272 g/mol. The summed E-state index contributed by atoms with van der Waals surface area (Å²) in [6.45, 7) is 0. The highest BCUT2D eigenvalue weighted by Gasteiger charge is 2.31. The highest BCUT2D eigenvalue weighted by molar-refractivity contribution is 5.93. The van der Waals surface area contributed by atoms with E-state index in [1.807, 2.05) is 24.3 Å². The Morgan fingerprint density at radius 3 is 2.70 bits per heavy atom. The minimum atomic E-state index is -0.511. The lowest BCUT2D eigenvalue weighted by atomic mass is 10.1. The van der Waals surface area contributed by atoms with Gasteiger partial charge in [-0.05, 0) is 43.5 Å². The molecule has 20 heavy (non-hydrogen) atoms. The summed E-state index contributed by atoms with van der Waals surface area (Å²) in [6, 6.07) is 7.36. The van der Waals surface area contributed by atoms with E-state index in [1.165, 1.54) is 6.39 Å². The van der Waals surface area contributed by atoms with Crippen molar-refractivity contribution in [3.8, 4) is 11.3 Å². The first-order valence-corrected chi connectivity index (χ1v) is 6.72. The van der Waals surface area contributed by atoms with Gasteiger partial charge in [0.25, 0.3) is 0 Å². The van der Waals surface area contributed by atoms with Gasteiger partial charge in [-0.1, -0.05) is 0 Å². The molecule has 1 heterocycles. The summed E-state index contributed by atoms with van der Waals surface area (Å²) in [4.78, 5) is 15.9. The Balaban J connectivity index is 1.68. The van der Waals surface area contributed by atoms with Gasteiger partial charge < -0.3 is 14.8 Å². The van der Waals surface area contributed by atoms with Crippen molar-refractivity contribution in [3.05, 3.63) is 36.9 Å². The molecule has 0 aliphatic heterocycles. The lowest BCUT2D eigenvalue weighted by Gasteiger charge is -2.14. The van der Waals surface area contributed by atoms with Crippen molar-refractivity contribution >= 4 is 11.6 Å². The van der Waals surface area contributed by atoms with Gasteiger partial charge in [-0.2, -0.15) is 0 Å².